The van der Waals surface area contributed by atoms with Crippen molar-refractivity contribution in [2.45, 2.75) is 19.4 Å². The van der Waals surface area contributed by atoms with Gasteiger partial charge in [0.2, 0.25) is 11.8 Å². The molecule has 1 aliphatic heterocycles. The number of ether oxygens (including phenoxy) is 3. The van der Waals surface area contributed by atoms with Crippen LogP contribution in [0.1, 0.15) is 39.7 Å². The van der Waals surface area contributed by atoms with Gasteiger partial charge in [-0.3, -0.25) is 0 Å². The molecule has 0 fully saturated rings. The fraction of sp³-hybridized carbons (Fsp3) is 0.156. The topological polar surface area (TPSA) is 110 Å². The van der Waals surface area contributed by atoms with E-state index in [1.807, 2.05) is 78.3 Å². The van der Waals surface area contributed by atoms with Crippen LogP contribution >= 0.6 is 0 Å². The zero-order valence-corrected chi connectivity index (χ0v) is 23.7. The van der Waals surface area contributed by atoms with Gasteiger partial charge in [-0.15, -0.1) is 5.10 Å². The van der Waals surface area contributed by atoms with Crippen LogP contribution in [0.5, 0.6) is 23.3 Å². The van der Waals surface area contributed by atoms with E-state index in [1.165, 1.54) is 0 Å². The molecule has 0 spiro atoms. The number of methoxy groups -OCH3 is 2. The summed E-state index contributed by atoms with van der Waals surface area (Å²) >= 11 is 0. The summed E-state index contributed by atoms with van der Waals surface area (Å²) in [5, 5.41) is 13.6. The van der Waals surface area contributed by atoms with Gasteiger partial charge in [-0.2, -0.15) is 5.10 Å². The van der Waals surface area contributed by atoms with Gasteiger partial charge in [-0.25, -0.2) is 19.2 Å². The van der Waals surface area contributed by atoms with Crippen LogP contribution in [0.4, 0.5) is 0 Å². The first kappa shape index (κ1) is 26.2. The van der Waals surface area contributed by atoms with Gasteiger partial charge < -0.3 is 19.0 Å². The molecule has 0 aliphatic carbocycles. The van der Waals surface area contributed by atoms with Crippen molar-refractivity contribution in [2.24, 2.45) is 5.16 Å². The summed E-state index contributed by atoms with van der Waals surface area (Å²) in [7, 11) is 3.18. The number of oxime groups is 1. The molecule has 11 nitrogen and oxygen atoms in total. The van der Waals surface area contributed by atoms with E-state index in [0.717, 1.165) is 33.6 Å². The first-order valence-corrected chi connectivity index (χ1v) is 13.6. The molecule has 0 N–H and O–H groups in total. The van der Waals surface area contributed by atoms with Gasteiger partial charge in [0.25, 0.3) is 0 Å². The van der Waals surface area contributed by atoms with Gasteiger partial charge in [0.1, 0.15) is 6.33 Å². The van der Waals surface area contributed by atoms with E-state index in [9.17, 15) is 0 Å². The Labute approximate surface area is 246 Å². The number of fused-ring (bicyclic) bond motifs is 4. The van der Waals surface area contributed by atoms with E-state index < -0.39 is 0 Å². The van der Waals surface area contributed by atoms with Crippen molar-refractivity contribution >= 4 is 11.9 Å². The van der Waals surface area contributed by atoms with Gasteiger partial charge >= 0.3 is 0 Å². The Balaban J connectivity index is 1.24. The van der Waals surface area contributed by atoms with Crippen LogP contribution < -0.4 is 14.2 Å². The smallest absolute Gasteiger partial charge is 0.230 e. The van der Waals surface area contributed by atoms with Crippen LogP contribution in [0.2, 0.25) is 0 Å². The number of para-hydroxylation sites is 1. The van der Waals surface area contributed by atoms with E-state index in [4.69, 9.17) is 29.1 Å². The van der Waals surface area contributed by atoms with E-state index in [2.05, 4.69) is 27.4 Å². The summed E-state index contributed by atoms with van der Waals surface area (Å²) in [6, 6.07) is 25.6. The molecule has 7 rings (SSSR count). The first-order chi connectivity index (χ1) is 21.1. The van der Waals surface area contributed by atoms with Gasteiger partial charge in [0, 0.05) is 5.56 Å². The zero-order chi connectivity index (χ0) is 29.3. The number of aromatic nitrogens is 6. The quantitative estimate of drug-likeness (QED) is 0.174. The zero-order valence-electron chi connectivity index (χ0n) is 23.7. The van der Waals surface area contributed by atoms with Gasteiger partial charge in [-0.05, 0) is 42.8 Å². The normalized spacial score (nSPS) is 13.9. The molecule has 1 atom stereocenters. The molecule has 6 aromatic rings. The lowest BCUT2D eigenvalue weighted by molar-refractivity contribution is 0.126. The minimum atomic E-state index is -0.227. The van der Waals surface area contributed by atoms with Gasteiger partial charge in [0.05, 0.1) is 48.9 Å². The van der Waals surface area contributed by atoms with Gasteiger partial charge in [0.15, 0.2) is 29.6 Å². The highest BCUT2D eigenvalue weighted by molar-refractivity contribution is 5.80. The molecule has 11 heteroatoms. The Morgan fingerprint density at radius 1 is 0.907 bits per heavy atom. The lowest BCUT2D eigenvalue weighted by atomic mass is 9.84. The molecular formula is C32H27N7O4. The maximum Gasteiger partial charge on any atom is 0.230 e. The van der Waals surface area contributed by atoms with Crippen LogP contribution in [-0.4, -0.2) is 49.8 Å². The van der Waals surface area contributed by atoms with Gasteiger partial charge in [-0.1, -0.05) is 53.7 Å². The first-order valence-electron chi connectivity index (χ1n) is 13.6. The third-order valence-electron chi connectivity index (χ3n) is 7.28. The largest absolute Gasteiger partial charge is 0.493 e. The molecule has 0 bridgehead atoms. The maximum atomic E-state index is 6.47. The van der Waals surface area contributed by atoms with Crippen molar-refractivity contribution in [3.8, 4) is 28.9 Å². The van der Waals surface area contributed by atoms with Crippen molar-refractivity contribution in [1.82, 2.24) is 29.4 Å². The maximum absolute atomic E-state index is 6.47. The van der Waals surface area contributed by atoms with Crippen molar-refractivity contribution in [1.29, 1.82) is 0 Å². The number of rotatable bonds is 8. The Kier molecular flexibility index (Phi) is 6.66. The second-order valence-corrected chi connectivity index (χ2v) is 9.88. The van der Waals surface area contributed by atoms with E-state index in [1.54, 1.807) is 31.3 Å². The summed E-state index contributed by atoms with van der Waals surface area (Å²) < 4.78 is 20.6. The Hall–Kier alpha value is -5.71. The minimum Gasteiger partial charge on any atom is -0.493 e. The highest BCUT2D eigenvalue weighted by Crippen LogP contribution is 2.49. The van der Waals surface area contributed by atoms with Crippen LogP contribution in [0.3, 0.4) is 0 Å². The summed E-state index contributed by atoms with van der Waals surface area (Å²) in [5.41, 5.74) is 6.01. The van der Waals surface area contributed by atoms with Crippen LogP contribution in [-0.2, 0) is 11.4 Å². The fourth-order valence-electron chi connectivity index (χ4n) is 5.33. The van der Waals surface area contributed by atoms with Crippen LogP contribution in [0.25, 0.3) is 11.3 Å². The van der Waals surface area contributed by atoms with Crippen LogP contribution in [0, 0.1) is 6.92 Å². The molecule has 1 aliphatic rings. The molecule has 3 aromatic carbocycles. The predicted octanol–water partition coefficient (Wildman–Crippen LogP) is 5.47. The highest BCUT2D eigenvalue weighted by atomic mass is 16.6. The van der Waals surface area contributed by atoms with Crippen LogP contribution in [0.15, 0.2) is 90.3 Å². The molecule has 4 heterocycles. The van der Waals surface area contributed by atoms with Crippen molar-refractivity contribution in [3.63, 3.8) is 0 Å². The van der Waals surface area contributed by atoms with Crippen molar-refractivity contribution in [2.75, 3.05) is 14.2 Å². The van der Waals surface area contributed by atoms with Crippen molar-refractivity contribution < 1.29 is 19.0 Å². The standard InChI is InChI=1S/C32H27N7O4/c1-20-27-28(22-10-6-4-7-11-22)29-30-35-26(18-42-34-17-21-14-15-24(40-2)25(16-21)41-3)37-38(30)19-33-31(29)43-32(27)39(36-20)23-12-8-5-9-13-23/h4-17,19,28H,18H2,1-3H3. The molecular weight excluding hydrogens is 546 g/mol. The highest BCUT2D eigenvalue weighted by Gasteiger charge is 2.38. The molecule has 0 radical (unpaired) electrons. The van der Waals surface area contributed by atoms with Crippen molar-refractivity contribution in [3.05, 3.63) is 119 Å². The summed E-state index contributed by atoms with van der Waals surface area (Å²) in [5.74, 6) is 2.56. The molecule has 1 unspecified atom stereocenters. The Bertz CT molecular complexity index is 1950. The van der Waals surface area contributed by atoms with E-state index >= 15 is 0 Å². The molecule has 43 heavy (non-hydrogen) atoms. The average Bonchev–Trinajstić information content (AvgIpc) is 3.63. The number of hydrogen-bond donors (Lipinski definition) is 0. The molecule has 0 saturated carbocycles. The summed E-state index contributed by atoms with van der Waals surface area (Å²) in [4.78, 5) is 15.0. The predicted molar refractivity (Wildman–Crippen MR) is 158 cm³/mol. The second kappa shape index (κ2) is 10.9. The lowest BCUT2D eigenvalue weighted by Crippen LogP contribution is -2.16. The third-order valence-corrected chi connectivity index (χ3v) is 7.28. The fourth-order valence-corrected chi connectivity index (χ4v) is 5.33. The number of benzene rings is 3. The molecule has 0 amide bonds. The number of nitrogens with zero attached hydrogens (tertiary/aromatic N) is 7. The SMILES string of the molecule is COc1ccc(C=NOCc2nc3c4c(ncn3n2)Oc2c(c(C)nn2-c2ccccc2)C4c2ccccc2)cc1OC. The molecule has 3 aromatic heterocycles. The van der Waals surface area contributed by atoms with E-state index in [-0.39, 0.29) is 12.5 Å². The summed E-state index contributed by atoms with van der Waals surface area (Å²) in [6.07, 6.45) is 3.19. The Morgan fingerprint density at radius 2 is 1.67 bits per heavy atom. The number of hydrogen-bond acceptors (Lipinski definition) is 9. The monoisotopic (exact) mass is 573 g/mol. The Morgan fingerprint density at radius 3 is 2.44 bits per heavy atom. The lowest BCUT2D eigenvalue weighted by Gasteiger charge is -2.26. The third kappa shape index (κ3) is 4.70. The minimum absolute atomic E-state index is 0.0628. The molecule has 214 valence electrons. The molecule has 0 saturated heterocycles. The average molecular weight is 574 g/mol. The summed E-state index contributed by atoms with van der Waals surface area (Å²) in [6.45, 7) is 2.06. The number of aryl methyl sites for hydroxylation is 1. The van der Waals surface area contributed by atoms with E-state index in [0.29, 0.717) is 34.7 Å². The second-order valence-electron chi connectivity index (χ2n) is 9.88.